The van der Waals surface area contributed by atoms with E-state index in [4.69, 9.17) is 0 Å². The summed E-state index contributed by atoms with van der Waals surface area (Å²) < 4.78 is 0. The number of phenols is 1. The van der Waals surface area contributed by atoms with Crippen LogP contribution in [0, 0.1) is 0 Å². The number of rotatable bonds is 2. The summed E-state index contributed by atoms with van der Waals surface area (Å²) in [4.78, 5) is 5.72. The third-order valence-corrected chi connectivity index (χ3v) is 4.84. The number of aromatic amines is 1. The highest BCUT2D eigenvalue weighted by Gasteiger charge is 2.28. The van der Waals surface area contributed by atoms with Crippen molar-refractivity contribution in [3.05, 3.63) is 53.9 Å². The lowest BCUT2D eigenvalue weighted by molar-refractivity contribution is 0.259. The van der Waals surface area contributed by atoms with Crippen LogP contribution in [0.4, 0.5) is 0 Å². The zero-order chi connectivity index (χ0) is 16.8. The predicted octanol–water partition coefficient (Wildman–Crippen LogP) is 3.78. The number of aromatic hydroxyl groups is 1. The Labute approximate surface area is 140 Å². The predicted molar refractivity (Wildman–Crippen MR) is 94.6 cm³/mol. The van der Waals surface area contributed by atoms with Gasteiger partial charge in [-0.3, -0.25) is 0 Å². The molecule has 0 spiro atoms. The minimum Gasteiger partial charge on any atom is -0.507 e. The normalized spacial score (nSPS) is 17.1. The van der Waals surface area contributed by atoms with Gasteiger partial charge in [-0.15, -0.1) is 10.2 Å². The second kappa shape index (κ2) is 5.37. The number of nitrogens with one attached hydrogen (secondary N) is 1. The quantitative estimate of drug-likeness (QED) is 0.754. The molecule has 0 bridgehead atoms. The van der Waals surface area contributed by atoms with Crippen LogP contribution in [0.1, 0.15) is 31.1 Å². The molecule has 1 atom stereocenters. The molecule has 0 saturated heterocycles. The van der Waals surface area contributed by atoms with Crippen LogP contribution < -0.4 is 0 Å². The maximum absolute atomic E-state index is 10.1. The third-order valence-electron chi connectivity index (χ3n) is 4.84. The molecule has 0 saturated carbocycles. The molecule has 0 radical (unpaired) electrons. The molecule has 4 rings (SSSR count). The van der Waals surface area contributed by atoms with Crippen molar-refractivity contribution in [2.24, 2.45) is 0 Å². The molecule has 2 aromatic heterocycles. The Morgan fingerprint density at radius 2 is 2.12 bits per heavy atom. The summed E-state index contributed by atoms with van der Waals surface area (Å²) in [5.41, 5.74) is 5.73. The first-order valence-electron chi connectivity index (χ1n) is 8.15. The number of hydrogen-bond acceptors (Lipinski definition) is 4. The first-order chi connectivity index (χ1) is 11.6. The maximum atomic E-state index is 10.1. The van der Waals surface area contributed by atoms with Crippen molar-refractivity contribution in [2.45, 2.75) is 26.3 Å². The second-order valence-electron chi connectivity index (χ2n) is 6.38. The van der Waals surface area contributed by atoms with Gasteiger partial charge >= 0.3 is 0 Å². The van der Waals surface area contributed by atoms with Crippen molar-refractivity contribution in [3.8, 4) is 17.0 Å². The number of para-hydroxylation sites is 1. The number of nitrogens with zero attached hydrogens (tertiary/aromatic N) is 3. The molecule has 2 N–H and O–H groups in total. The van der Waals surface area contributed by atoms with E-state index in [0.29, 0.717) is 11.3 Å². The number of aromatic nitrogens is 3. The zero-order valence-corrected chi connectivity index (χ0v) is 13.9. The van der Waals surface area contributed by atoms with Gasteiger partial charge in [0, 0.05) is 40.9 Å². The summed E-state index contributed by atoms with van der Waals surface area (Å²) in [5, 5.41) is 19.8. The number of phenolic OH excluding ortho intramolecular Hbond substituents is 1. The average molecular weight is 320 g/mol. The Bertz CT molecular complexity index is 944. The Hall–Kier alpha value is -2.82. The number of hydrogen-bond donors (Lipinski definition) is 2. The largest absolute Gasteiger partial charge is 0.507 e. The van der Waals surface area contributed by atoms with Gasteiger partial charge in [-0.25, -0.2) is 0 Å². The Morgan fingerprint density at radius 1 is 1.33 bits per heavy atom. The van der Waals surface area contributed by atoms with Gasteiger partial charge in [0.05, 0.1) is 11.7 Å². The number of allylic oxidation sites excluding steroid dienone is 1. The zero-order valence-electron chi connectivity index (χ0n) is 13.9. The SMILES string of the molecule is C=C(C)N1CCc2[nH]c3nnc(-c4ccccc4O)cc3c2[C@@H]1C. The summed E-state index contributed by atoms with van der Waals surface area (Å²) in [6, 6.07) is 9.47. The molecule has 1 aliphatic heterocycles. The Kier molecular flexibility index (Phi) is 3.30. The van der Waals surface area contributed by atoms with E-state index in [9.17, 15) is 5.11 Å². The minimum absolute atomic E-state index is 0.215. The third kappa shape index (κ3) is 2.16. The molecule has 122 valence electrons. The lowest BCUT2D eigenvalue weighted by atomic mass is 9.96. The fourth-order valence-electron chi connectivity index (χ4n) is 3.66. The van der Waals surface area contributed by atoms with E-state index < -0.39 is 0 Å². The van der Waals surface area contributed by atoms with Crippen LogP contribution in [0.3, 0.4) is 0 Å². The highest BCUT2D eigenvalue weighted by atomic mass is 16.3. The van der Waals surface area contributed by atoms with Gasteiger partial charge in [-0.05, 0) is 32.0 Å². The lowest BCUT2D eigenvalue weighted by Crippen LogP contribution is -2.31. The Morgan fingerprint density at radius 3 is 2.88 bits per heavy atom. The van der Waals surface area contributed by atoms with Crippen LogP contribution in [-0.4, -0.2) is 31.7 Å². The van der Waals surface area contributed by atoms with E-state index in [1.807, 2.05) is 25.1 Å². The first-order valence-corrected chi connectivity index (χ1v) is 8.15. The molecule has 0 amide bonds. The van der Waals surface area contributed by atoms with E-state index in [1.165, 1.54) is 11.3 Å². The van der Waals surface area contributed by atoms with Crippen molar-refractivity contribution in [3.63, 3.8) is 0 Å². The first kappa shape index (κ1) is 14.8. The molecule has 0 aliphatic carbocycles. The van der Waals surface area contributed by atoms with Gasteiger partial charge in [-0.2, -0.15) is 0 Å². The molecular formula is C19H20N4O. The van der Waals surface area contributed by atoms with Crippen molar-refractivity contribution in [1.29, 1.82) is 0 Å². The summed E-state index contributed by atoms with van der Waals surface area (Å²) in [6.07, 6.45) is 0.939. The summed E-state index contributed by atoms with van der Waals surface area (Å²) >= 11 is 0. The molecule has 0 unspecified atom stereocenters. The molecule has 0 fully saturated rings. The molecular weight excluding hydrogens is 300 g/mol. The number of H-pyrrole nitrogens is 1. The average Bonchev–Trinajstić information content (AvgIpc) is 2.93. The van der Waals surface area contributed by atoms with Crippen molar-refractivity contribution < 1.29 is 5.11 Å². The van der Waals surface area contributed by atoms with E-state index >= 15 is 0 Å². The van der Waals surface area contributed by atoms with E-state index in [-0.39, 0.29) is 11.8 Å². The van der Waals surface area contributed by atoms with Crippen LogP contribution >= 0.6 is 0 Å². The molecule has 24 heavy (non-hydrogen) atoms. The van der Waals surface area contributed by atoms with Gasteiger partial charge in [0.2, 0.25) is 0 Å². The van der Waals surface area contributed by atoms with E-state index in [1.54, 1.807) is 12.1 Å². The van der Waals surface area contributed by atoms with Crippen molar-refractivity contribution >= 4 is 11.0 Å². The molecule has 3 heterocycles. The van der Waals surface area contributed by atoms with Gasteiger partial charge in [0.1, 0.15) is 5.75 Å². The highest BCUT2D eigenvalue weighted by molar-refractivity contribution is 5.86. The standard InChI is InChI=1S/C19H20N4O/c1-11(2)23-9-8-15-18(12(23)3)14-10-16(21-22-19(14)20-15)13-6-4-5-7-17(13)24/h4-7,10,12,24H,1,8-9H2,2-3H3,(H,20,22)/t12-/m0/s1. The fourth-order valence-corrected chi connectivity index (χ4v) is 3.66. The molecule has 1 aliphatic rings. The lowest BCUT2D eigenvalue weighted by Gasteiger charge is -2.35. The molecule has 5 nitrogen and oxygen atoms in total. The van der Waals surface area contributed by atoms with Gasteiger partial charge in [-0.1, -0.05) is 18.7 Å². The van der Waals surface area contributed by atoms with Crippen LogP contribution in [0.15, 0.2) is 42.6 Å². The molecule has 1 aromatic carbocycles. The number of benzene rings is 1. The van der Waals surface area contributed by atoms with Gasteiger partial charge < -0.3 is 15.0 Å². The van der Waals surface area contributed by atoms with E-state index in [2.05, 4.69) is 33.6 Å². The fraction of sp³-hybridized carbons (Fsp3) is 0.263. The van der Waals surface area contributed by atoms with Gasteiger partial charge in [0.25, 0.3) is 0 Å². The molecule has 3 aromatic rings. The summed E-state index contributed by atoms with van der Waals surface area (Å²) in [5.74, 6) is 0.215. The minimum atomic E-state index is 0.215. The smallest absolute Gasteiger partial charge is 0.160 e. The highest BCUT2D eigenvalue weighted by Crippen LogP contribution is 2.38. The van der Waals surface area contributed by atoms with Gasteiger partial charge in [0.15, 0.2) is 5.65 Å². The summed E-state index contributed by atoms with van der Waals surface area (Å²) in [6.45, 7) is 9.29. The maximum Gasteiger partial charge on any atom is 0.160 e. The molecule has 5 heteroatoms. The number of fused-ring (bicyclic) bond motifs is 3. The summed E-state index contributed by atoms with van der Waals surface area (Å²) in [7, 11) is 0. The topological polar surface area (TPSA) is 65.0 Å². The van der Waals surface area contributed by atoms with Crippen LogP contribution in [0.5, 0.6) is 5.75 Å². The van der Waals surface area contributed by atoms with Crippen molar-refractivity contribution in [2.75, 3.05) is 6.54 Å². The van der Waals surface area contributed by atoms with Crippen LogP contribution in [0.25, 0.3) is 22.3 Å². The van der Waals surface area contributed by atoms with Crippen molar-refractivity contribution in [1.82, 2.24) is 20.1 Å². The monoisotopic (exact) mass is 320 g/mol. The second-order valence-corrected chi connectivity index (χ2v) is 6.38. The van der Waals surface area contributed by atoms with E-state index in [0.717, 1.165) is 29.7 Å². The Balaban J connectivity index is 1.89. The van der Waals surface area contributed by atoms with Crippen LogP contribution in [0.2, 0.25) is 0 Å². The van der Waals surface area contributed by atoms with Crippen LogP contribution in [-0.2, 0) is 6.42 Å².